The van der Waals surface area contributed by atoms with Crippen LogP contribution in [-0.2, 0) is 0 Å². The van der Waals surface area contributed by atoms with Crippen LogP contribution in [0.15, 0.2) is 0 Å². The van der Waals surface area contributed by atoms with Crippen LogP contribution >= 0.6 is 0 Å². The molecule has 0 rings (SSSR count). The standard InChI is InChI=1S/C11H26N2/c1-5-6-7-10-13(4)11-8-9-12(2)3/h5-11H2,1-4H3. The molecule has 0 aromatic carbocycles. The molecule has 0 radical (unpaired) electrons. The molecule has 0 aliphatic heterocycles. The first-order chi connectivity index (χ1) is 6.16. The lowest BCUT2D eigenvalue weighted by Crippen LogP contribution is -2.24. The molecule has 2 nitrogen and oxygen atoms in total. The van der Waals surface area contributed by atoms with Gasteiger partial charge in [-0.2, -0.15) is 0 Å². The van der Waals surface area contributed by atoms with Crippen molar-refractivity contribution in [2.75, 3.05) is 40.8 Å². The fraction of sp³-hybridized carbons (Fsp3) is 1.00. The Hall–Kier alpha value is -0.0800. The lowest BCUT2D eigenvalue weighted by Gasteiger charge is -2.17. The summed E-state index contributed by atoms with van der Waals surface area (Å²) in [5.41, 5.74) is 0. The molecule has 0 saturated carbocycles. The van der Waals surface area contributed by atoms with E-state index in [9.17, 15) is 0 Å². The van der Waals surface area contributed by atoms with E-state index in [1.165, 1.54) is 45.3 Å². The molecular formula is C11H26N2. The molecule has 2 heteroatoms. The first-order valence-corrected chi connectivity index (χ1v) is 5.50. The summed E-state index contributed by atoms with van der Waals surface area (Å²) in [4.78, 5) is 4.69. The minimum atomic E-state index is 1.21. The van der Waals surface area contributed by atoms with Gasteiger partial charge in [-0.1, -0.05) is 19.8 Å². The second-order valence-corrected chi connectivity index (χ2v) is 4.17. The number of nitrogens with zero attached hydrogens (tertiary/aromatic N) is 2. The van der Waals surface area contributed by atoms with Crippen LogP contribution < -0.4 is 0 Å². The predicted molar refractivity (Wildman–Crippen MR) is 60.2 cm³/mol. The smallest absolute Gasteiger partial charge is 0.000960 e. The average Bonchev–Trinajstić information content (AvgIpc) is 2.04. The molecule has 0 bridgehead atoms. The van der Waals surface area contributed by atoms with Crippen LogP contribution in [0, 0.1) is 0 Å². The normalized spacial score (nSPS) is 11.5. The van der Waals surface area contributed by atoms with Gasteiger partial charge in [0.15, 0.2) is 0 Å². The van der Waals surface area contributed by atoms with Gasteiger partial charge in [-0.15, -0.1) is 0 Å². The van der Waals surface area contributed by atoms with Crippen molar-refractivity contribution in [3.8, 4) is 0 Å². The van der Waals surface area contributed by atoms with Crippen LogP contribution in [0.4, 0.5) is 0 Å². The topological polar surface area (TPSA) is 6.48 Å². The van der Waals surface area contributed by atoms with Crippen LogP contribution in [0.5, 0.6) is 0 Å². The maximum Gasteiger partial charge on any atom is -0.000960 e. The van der Waals surface area contributed by atoms with E-state index in [-0.39, 0.29) is 0 Å². The van der Waals surface area contributed by atoms with Crippen LogP contribution in [0.1, 0.15) is 32.6 Å². The number of unbranched alkanes of at least 4 members (excludes halogenated alkanes) is 2. The van der Waals surface area contributed by atoms with E-state index in [4.69, 9.17) is 0 Å². The predicted octanol–water partition coefficient (Wildman–Crippen LogP) is 2.06. The fourth-order valence-electron chi connectivity index (χ4n) is 1.40. The number of rotatable bonds is 8. The van der Waals surface area contributed by atoms with E-state index in [1.54, 1.807) is 0 Å². The van der Waals surface area contributed by atoms with Crippen molar-refractivity contribution in [2.24, 2.45) is 0 Å². The van der Waals surface area contributed by atoms with Gasteiger partial charge in [0.25, 0.3) is 0 Å². The van der Waals surface area contributed by atoms with Gasteiger partial charge in [0, 0.05) is 0 Å². The van der Waals surface area contributed by atoms with E-state index in [2.05, 4.69) is 37.9 Å². The Morgan fingerprint density at radius 3 is 1.92 bits per heavy atom. The minimum Gasteiger partial charge on any atom is -0.309 e. The third-order valence-electron chi connectivity index (χ3n) is 2.29. The van der Waals surface area contributed by atoms with Gasteiger partial charge < -0.3 is 9.80 Å². The Morgan fingerprint density at radius 2 is 1.38 bits per heavy atom. The third-order valence-corrected chi connectivity index (χ3v) is 2.29. The van der Waals surface area contributed by atoms with E-state index in [1.807, 2.05) is 0 Å². The molecule has 80 valence electrons. The van der Waals surface area contributed by atoms with Gasteiger partial charge >= 0.3 is 0 Å². The summed E-state index contributed by atoms with van der Waals surface area (Å²) in [5, 5.41) is 0. The van der Waals surface area contributed by atoms with Crippen molar-refractivity contribution in [3.05, 3.63) is 0 Å². The highest BCUT2D eigenvalue weighted by Crippen LogP contribution is 1.97. The van der Waals surface area contributed by atoms with Crippen LogP contribution in [-0.4, -0.2) is 50.6 Å². The highest BCUT2D eigenvalue weighted by atomic mass is 15.1. The van der Waals surface area contributed by atoms with E-state index < -0.39 is 0 Å². The number of hydrogen-bond donors (Lipinski definition) is 0. The monoisotopic (exact) mass is 186 g/mol. The van der Waals surface area contributed by atoms with Gasteiger partial charge in [-0.25, -0.2) is 0 Å². The SMILES string of the molecule is CCCCCN(C)CCCN(C)C. The highest BCUT2D eigenvalue weighted by molar-refractivity contribution is 4.53. The summed E-state index contributed by atoms with van der Waals surface area (Å²) in [6.45, 7) is 5.97. The molecule has 0 saturated heterocycles. The summed E-state index contributed by atoms with van der Waals surface area (Å²) in [6, 6.07) is 0. The zero-order valence-corrected chi connectivity index (χ0v) is 9.84. The Balaban J connectivity index is 3.15. The van der Waals surface area contributed by atoms with Crippen molar-refractivity contribution in [2.45, 2.75) is 32.6 Å². The molecule has 0 heterocycles. The molecule has 0 N–H and O–H groups in total. The molecule has 13 heavy (non-hydrogen) atoms. The van der Waals surface area contributed by atoms with E-state index >= 15 is 0 Å². The Morgan fingerprint density at radius 1 is 0.769 bits per heavy atom. The van der Waals surface area contributed by atoms with Gasteiger partial charge in [-0.3, -0.25) is 0 Å². The second-order valence-electron chi connectivity index (χ2n) is 4.17. The van der Waals surface area contributed by atoms with Crippen molar-refractivity contribution in [1.29, 1.82) is 0 Å². The lowest BCUT2D eigenvalue weighted by atomic mass is 10.2. The largest absolute Gasteiger partial charge is 0.309 e. The maximum atomic E-state index is 2.44. The van der Waals surface area contributed by atoms with Gasteiger partial charge in [0.1, 0.15) is 0 Å². The maximum absolute atomic E-state index is 2.44. The molecule has 0 amide bonds. The van der Waals surface area contributed by atoms with E-state index in [0.717, 1.165) is 0 Å². The van der Waals surface area contributed by atoms with Crippen LogP contribution in [0.25, 0.3) is 0 Å². The fourth-order valence-corrected chi connectivity index (χ4v) is 1.40. The van der Waals surface area contributed by atoms with Gasteiger partial charge in [-0.05, 0) is 53.6 Å². The zero-order chi connectivity index (χ0) is 10.1. The summed E-state index contributed by atoms with van der Waals surface area (Å²) >= 11 is 0. The lowest BCUT2D eigenvalue weighted by molar-refractivity contribution is 0.295. The molecule has 0 aromatic rings. The van der Waals surface area contributed by atoms with Crippen LogP contribution in [0.3, 0.4) is 0 Å². The quantitative estimate of drug-likeness (QED) is 0.535. The zero-order valence-electron chi connectivity index (χ0n) is 9.84. The molecule has 0 unspecified atom stereocenters. The average molecular weight is 186 g/mol. The van der Waals surface area contributed by atoms with Crippen molar-refractivity contribution in [1.82, 2.24) is 9.80 Å². The first-order valence-electron chi connectivity index (χ1n) is 5.50. The van der Waals surface area contributed by atoms with Crippen LogP contribution in [0.2, 0.25) is 0 Å². The van der Waals surface area contributed by atoms with Crippen molar-refractivity contribution in [3.63, 3.8) is 0 Å². The first kappa shape index (κ1) is 12.9. The van der Waals surface area contributed by atoms with Crippen molar-refractivity contribution < 1.29 is 0 Å². The van der Waals surface area contributed by atoms with Gasteiger partial charge in [0.05, 0.1) is 0 Å². The second kappa shape index (κ2) is 8.52. The Labute approximate surface area is 83.9 Å². The molecule has 0 aliphatic carbocycles. The molecule has 0 aliphatic rings. The number of hydrogen-bond acceptors (Lipinski definition) is 2. The molecule has 0 aromatic heterocycles. The Kier molecular flexibility index (Phi) is 8.46. The molecular weight excluding hydrogens is 160 g/mol. The van der Waals surface area contributed by atoms with Gasteiger partial charge in [0.2, 0.25) is 0 Å². The summed E-state index contributed by atoms with van der Waals surface area (Å²) < 4.78 is 0. The summed E-state index contributed by atoms with van der Waals surface area (Å²) in [5.74, 6) is 0. The summed E-state index contributed by atoms with van der Waals surface area (Å²) in [6.07, 6.45) is 5.34. The Bertz CT molecular complexity index is 102. The molecule has 0 atom stereocenters. The van der Waals surface area contributed by atoms with E-state index in [0.29, 0.717) is 0 Å². The van der Waals surface area contributed by atoms with Crippen molar-refractivity contribution >= 4 is 0 Å². The minimum absolute atomic E-state index is 1.21. The molecule has 0 fully saturated rings. The highest BCUT2D eigenvalue weighted by Gasteiger charge is 1.97. The summed E-state index contributed by atoms with van der Waals surface area (Å²) in [7, 11) is 6.50. The molecule has 0 spiro atoms. The third kappa shape index (κ3) is 9.84.